The summed E-state index contributed by atoms with van der Waals surface area (Å²) in [6.45, 7) is 9.25. The molecule has 152 valence electrons. The number of esters is 1. The molecule has 0 spiro atoms. The highest BCUT2D eigenvalue weighted by Crippen LogP contribution is 2.24. The molecule has 0 saturated heterocycles. The van der Waals surface area contributed by atoms with Crippen molar-refractivity contribution in [3.63, 3.8) is 0 Å². The number of amides is 1. The van der Waals surface area contributed by atoms with E-state index in [-0.39, 0.29) is 27.4 Å². The van der Waals surface area contributed by atoms with Gasteiger partial charge in [0.15, 0.2) is 6.10 Å². The SMILES string of the molecule is CC(C)CNC(=O)[C@@H](C)OC(=O)c1cc(S(=O)(=O)N(C)C(C)C)ccc1Cl. The van der Waals surface area contributed by atoms with Crippen LogP contribution in [0.25, 0.3) is 0 Å². The third-order valence-electron chi connectivity index (χ3n) is 3.90. The third-order valence-corrected chi connectivity index (χ3v) is 6.26. The summed E-state index contributed by atoms with van der Waals surface area (Å²) in [6.07, 6.45) is -1.04. The van der Waals surface area contributed by atoms with Crippen molar-refractivity contribution in [2.75, 3.05) is 13.6 Å². The summed E-state index contributed by atoms with van der Waals surface area (Å²) in [5, 5.41) is 2.71. The lowest BCUT2D eigenvalue weighted by Gasteiger charge is -2.21. The Kier molecular flexibility index (Phi) is 8.25. The molecule has 1 atom stereocenters. The zero-order valence-corrected chi connectivity index (χ0v) is 18.0. The van der Waals surface area contributed by atoms with E-state index in [1.54, 1.807) is 13.8 Å². The van der Waals surface area contributed by atoms with Crippen molar-refractivity contribution in [2.24, 2.45) is 5.92 Å². The van der Waals surface area contributed by atoms with Crippen LogP contribution in [0.2, 0.25) is 5.02 Å². The Morgan fingerprint density at radius 2 is 1.78 bits per heavy atom. The fraction of sp³-hybridized carbons (Fsp3) is 0.556. The predicted molar refractivity (Wildman–Crippen MR) is 104 cm³/mol. The average Bonchev–Trinajstić information content (AvgIpc) is 2.58. The van der Waals surface area contributed by atoms with Gasteiger partial charge in [-0.1, -0.05) is 25.4 Å². The minimum absolute atomic E-state index is 0.0425. The Balaban J connectivity index is 3.03. The van der Waals surface area contributed by atoms with Crippen LogP contribution in [0.5, 0.6) is 0 Å². The normalized spacial score (nSPS) is 13.1. The van der Waals surface area contributed by atoms with E-state index in [9.17, 15) is 18.0 Å². The second-order valence-corrected chi connectivity index (χ2v) is 9.35. The van der Waals surface area contributed by atoms with Crippen LogP contribution in [0.4, 0.5) is 0 Å². The lowest BCUT2D eigenvalue weighted by molar-refractivity contribution is -0.129. The number of ether oxygens (including phenoxy) is 1. The largest absolute Gasteiger partial charge is 0.449 e. The first-order valence-corrected chi connectivity index (χ1v) is 10.5. The molecule has 0 aliphatic rings. The van der Waals surface area contributed by atoms with Gasteiger partial charge in [-0.05, 0) is 44.9 Å². The van der Waals surface area contributed by atoms with Gasteiger partial charge in [0.05, 0.1) is 15.5 Å². The fourth-order valence-corrected chi connectivity index (χ4v) is 3.58. The monoisotopic (exact) mass is 418 g/mol. The van der Waals surface area contributed by atoms with E-state index in [0.717, 1.165) is 6.07 Å². The van der Waals surface area contributed by atoms with Crippen LogP contribution in [0.15, 0.2) is 23.1 Å². The summed E-state index contributed by atoms with van der Waals surface area (Å²) < 4.78 is 31.5. The van der Waals surface area contributed by atoms with Crippen molar-refractivity contribution in [3.8, 4) is 0 Å². The Bertz CT molecular complexity index is 793. The van der Waals surface area contributed by atoms with Crippen LogP contribution in [-0.2, 0) is 19.6 Å². The highest BCUT2D eigenvalue weighted by molar-refractivity contribution is 7.89. The van der Waals surface area contributed by atoms with Gasteiger partial charge >= 0.3 is 5.97 Å². The Hall–Kier alpha value is -1.64. The molecule has 7 nitrogen and oxygen atoms in total. The molecule has 0 saturated carbocycles. The molecular formula is C18H27ClN2O5S. The molecule has 9 heteroatoms. The fourth-order valence-electron chi connectivity index (χ4n) is 1.99. The van der Waals surface area contributed by atoms with Crippen LogP contribution < -0.4 is 5.32 Å². The summed E-state index contributed by atoms with van der Waals surface area (Å²) in [5.74, 6) is -1.04. The van der Waals surface area contributed by atoms with Gasteiger partial charge in [-0.15, -0.1) is 0 Å². The molecule has 1 rings (SSSR count). The van der Waals surface area contributed by atoms with Crippen molar-refractivity contribution in [1.29, 1.82) is 0 Å². The van der Waals surface area contributed by atoms with E-state index in [2.05, 4.69) is 5.32 Å². The number of carbonyl (C=O) groups is 2. The molecule has 1 N–H and O–H groups in total. The van der Waals surface area contributed by atoms with Crippen molar-refractivity contribution >= 4 is 33.5 Å². The number of hydrogen-bond donors (Lipinski definition) is 1. The number of sulfonamides is 1. The molecule has 1 aromatic rings. The van der Waals surface area contributed by atoms with Crippen molar-refractivity contribution in [1.82, 2.24) is 9.62 Å². The van der Waals surface area contributed by atoms with Gasteiger partial charge in [0.2, 0.25) is 10.0 Å². The summed E-state index contributed by atoms with van der Waals surface area (Å²) in [7, 11) is -2.33. The van der Waals surface area contributed by atoms with Gasteiger partial charge in [-0.3, -0.25) is 4.79 Å². The molecule has 0 heterocycles. The molecule has 27 heavy (non-hydrogen) atoms. The number of benzene rings is 1. The van der Waals surface area contributed by atoms with E-state index in [1.807, 2.05) is 13.8 Å². The van der Waals surface area contributed by atoms with Crippen LogP contribution in [0, 0.1) is 5.92 Å². The summed E-state index contributed by atoms with van der Waals surface area (Å²) in [5.41, 5.74) is -0.113. The third kappa shape index (κ3) is 6.19. The van der Waals surface area contributed by atoms with Crippen LogP contribution in [0.1, 0.15) is 45.0 Å². The molecular weight excluding hydrogens is 392 g/mol. The van der Waals surface area contributed by atoms with Gasteiger partial charge in [-0.2, -0.15) is 4.31 Å². The summed E-state index contributed by atoms with van der Waals surface area (Å²) in [6, 6.07) is 3.55. The second kappa shape index (κ2) is 9.52. The minimum atomic E-state index is -3.79. The first kappa shape index (κ1) is 23.4. The molecule has 0 fully saturated rings. The van der Waals surface area contributed by atoms with E-state index in [4.69, 9.17) is 16.3 Å². The lowest BCUT2D eigenvalue weighted by atomic mass is 10.2. The number of halogens is 1. The van der Waals surface area contributed by atoms with Crippen molar-refractivity contribution in [2.45, 2.75) is 51.7 Å². The second-order valence-electron chi connectivity index (χ2n) is 6.94. The first-order valence-electron chi connectivity index (χ1n) is 8.64. The maximum atomic E-state index is 12.6. The number of nitrogens with zero attached hydrogens (tertiary/aromatic N) is 1. The number of nitrogens with one attached hydrogen (secondary N) is 1. The standard InChI is InChI=1S/C18H27ClN2O5S/c1-11(2)10-20-17(22)13(5)26-18(23)15-9-14(7-8-16(15)19)27(24,25)21(6)12(3)4/h7-9,11-13H,10H2,1-6H3,(H,20,22)/t13-/m1/s1. The van der Waals surface area contributed by atoms with E-state index >= 15 is 0 Å². The van der Waals surface area contributed by atoms with Gasteiger partial charge in [0.1, 0.15) is 0 Å². The molecule has 0 aliphatic heterocycles. The van der Waals surface area contributed by atoms with E-state index in [1.165, 1.54) is 30.4 Å². The molecule has 1 aromatic carbocycles. The average molecular weight is 419 g/mol. The summed E-state index contributed by atoms with van der Waals surface area (Å²) in [4.78, 5) is 24.3. The molecule has 0 unspecified atom stereocenters. The lowest BCUT2D eigenvalue weighted by Crippen LogP contribution is -2.37. The predicted octanol–water partition coefficient (Wildman–Crippen LogP) is 2.69. The number of carbonyl (C=O) groups excluding carboxylic acids is 2. The maximum Gasteiger partial charge on any atom is 0.340 e. The van der Waals surface area contributed by atoms with Gasteiger partial charge in [0, 0.05) is 19.6 Å². The molecule has 0 aromatic heterocycles. The highest BCUT2D eigenvalue weighted by atomic mass is 35.5. The summed E-state index contributed by atoms with van der Waals surface area (Å²) >= 11 is 6.04. The van der Waals surface area contributed by atoms with Gasteiger partial charge in [0.25, 0.3) is 5.91 Å². The van der Waals surface area contributed by atoms with Crippen molar-refractivity contribution < 1.29 is 22.7 Å². The topological polar surface area (TPSA) is 92.8 Å². The molecule has 0 radical (unpaired) electrons. The van der Waals surface area contributed by atoms with E-state index in [0.29, 0.717) is 6.54 Å². The zero-order chi connectivity index (χ0) is 20.9. The van der Waals surface area contributed by atoms with Crippen LogP contribution >= 0.6 is 11.6 Å². The maximum absolute atomic E-state index is 12.6. The Morgan fingerprint density at radius 1 is 1.19 bits per heavy atom. The number of hydrogen-bond acceptors (Lipinski definition) is 5. The molecule has 0 bridgehead atoms. The van der Waals surface area contributed by atoms with Crippen LogP contribution in [-0.4, -0.2) is 50.3 Å². The van der Waals surface area contributed by atoms with Crippen molar-refractivity contribution in [3.05, 3.63) is 28.8 Å². The van der Waals surface area contributed by atoms with Gasteiger partial charge < -0.3 is 10.1 Å². The minimum Gasteiger partial charge on any atom is -0.449 e. The highest BCUT2D eigenvalue weighted by Gasteiger charge is 2.26. The smallest absolute Gasteiger partial charge is 0.340 e. The van der Waals surface area contributed by atoms with E-state index < -0.39 is 28.0 Å². The Labute approximate surface area is 166 Å². The van der Waals surface area contributed by atoms with Gasteiger partial charge in [-0.25, -0.2) is 13.2 Å². The quantitative estimate of drug-likeness (QED) is 0.655. The first-order chi connectivity index (χ1) is 12.4. The zero-order valence-electron chi connectivity index (χ0n) is 16.4. The molecule has 0 aliphatic carbocycles. The Morgan fingerprint density at radius 3 is 2.30 bits per heavy atom. The van der Waals surface area contributed by atoms with Crippen LogP contribution in [0.3, 0.4) is 0 Å². The molecule has 1 amide bonds. The number of rotatable bonds is 8.